The molecule has 0 spiro atoms. The van der Waals surface area contributed by atoms with Crippen LogP contribution >= 0.6 is 32.3 Å². The van der Waals surface area contributed by atoms with Crippen molar-refractivity contribution < 1.29 is 9.59 Å². The molecular weight excluding hydrogens is 292 g/mol. The monoisotopic (exact) mass is 296 g/mol. The molecule has 0 aromatic rings. The average molecular weight is 298 g/mol. The lowest BCUT2D eigenvalue weighted by Gasteiger charge is -2.20. The molecule has 0 radical (unpaired) electrons. The van der Waals surface area contributed by atoms with Crippen LogP contribution in [0.3, 0.4) is 0 Å². The zero-order chi connectivity index (χ0) is 9.52. The van der Waals surface area contributed by atoms with Crippen LogP contribution in [0.15, 0.2) is 12.7 Å². The molecule has 0 N–H and O–H groups in total. The fourth-order valence-corrected chi connectivity index (χ4v) is 2.00. The molecule has 1 heterocycles. The molecule has 1 fully saturated rings. The lowest BCUT2D eigenvalue weighted by Crippen LogP contribution is -2.39. The van der Waals surface area contributed by atoms with Gasteiger partial charge in [-0.05, 0) is 6.92 Å². The molecule has 3 amide bonds. The van der Waals surface area contributed by atoms with E-state index in [0.717, 1.165) is 7.85 Å². The molecule has 0 bridgehead atoms. The van der Waals surface area contributed by atoms with E-state index in [1.165, 1.54) is 6.08 Å². The van der Waals surface area contributed by atoms with E-state index in [1.54, 1.807) is 6.92 Å². The SMILES string of the molecule is C=CC1(C)C(=O)N(Br)C(=O)N1Br. The van der Waals surface area contributed by atoms with Crippen LogP contribution in [0.1, 0.15) is 6.92 Å². The quantitative estimate of drug-likeness (QED) is 0.421. The van der Waals surface area contributed by atoms with E-state index in [-0.39, 0.29) is 5.91 Å². The van der Waals surface area contributed by atoms with Gasteiger partial charge in [0.05, 0.1) is 32.3 Å². The van der Waals surface area contributed by atoms with Gasteiger partial charge in [0.25, 0.3) is 5.91 Å². The first-order chi connectivity index (χ1) is 5.45. The van der Waals surface area contributed by atoms with E-state index < -0.39 is 11.6 Å². The molecule has 0 saturated carbocycles. The topological polar surface area (TPSA) is 40.6 Å². The zero-order valence-electron chi connectivity index (χ0n) is 6.25. The summed E-state index contributed by atoms with van der Waals surface area (Å²) < 4.78 is 2.01. The van der Waals surface area contributed by atoms with E-state index in [4.69, 9.17) is 0 Å². The standard InChI is InChI=1S/C6H6Br2N2O2/c1-3-6(2)4(11)9(7)5(12)10(6)8/h3H,1H2,2H3. The van der Waals surface area contributed by atoms with Gasteiger partial charge < -0.3 is 0 Å². The maximum absolute atomic E-state index is 11.4. The van der Waals surface area contributed by atoms with Gasteiger partial charge in [0.1, 0.15) is 0 Å². The predicted octanol–water partition coefficient (Wildman–Crippen LogP) is 1.82. The smallest absolute Gasteiger partial charge is 0.270 e. The second-order valence-electron chi connectivity index (χ2n) is 2.50. The first-order valence-electron chi connectivity index (χ1n) is 3.09. The molecule has 0 aromatic heterocycles. The fraction of sp³-hybridized carbons (Fsp3) is 0.333. The molecule has 12 heavy (non-hydrogen) atoms. The molecule has 6 heteroatoms. The number of amides is 3. The number of rotatable bonds is 1. The predicted molar refractivity (Wildman–Crippen MR) is 50.5 cm³/mol. The molecule has 1 aliphatic heterocycles. The minimum atomic E-state index is -0.999. The Bertz CT molecular complexity index is 268. The van der Waals surface area contributed by atoms with Gasteiger partial charge in [0, 0.05) is 0 Å². The summed E-state index contributed by atoms with van der Waals surface area (Å²) in [6.45, 7) is 5.09. The lowest BCUT2D eigenvalue weighted by molar-refractivity contribution is -0.126. The third-order valence-corrected chi connectivity index (χ3v) is 3.42. The van der Waals surface area contributed by atoms with E-state index in [9.17, 15) is 9.59 Å². The van der Waals surface area contributed by atoms with Gasteiger partial charge in [-0.2, -0.15) is 3.93 Å². The first kappa shape index (κ1) is 9.73. The maximum Gasteiger partial charge on any atom is 0.348 e. The molecule has 1 unspecified atom stereocenters. The van der Waals surface area contributed by atoms with Gasteiger partial charge in [-0.3, -0.25) is 4.79 Å². The molecule has 1 rings (SSSR count). The summed E-state index contributed by atoms with van der Waals surface area (Å²) in [6.07, 6.45) is 1.41. The van der Waals surface area contributed by atoms with Crippen molar-refractivity contribution in [1.82, 2.24) is 7.85 Å². The number of imide groups is 1. The van der Waals surface area contributed by atoms with Gasteiger partial charge >= 0.3 is 6.03 Å². The van der Waals surface area contributed by atoms with Crippen molar-refractivity contribution in [3.05, 3.63) is 12.7 Å². The van der Waals surface area contributed by atoms with Crippen molar-refractivity contribution in [2.75, 3.05) is 0 Å². The number of urea groups is 1. The fourth-order valence-electron chi connectivity index (χ4n) is 0.813. The van der Waals surface area contributed by atoms with Crippen molar-refractivity contribution >= 4 is 44.2 Å². The summed E-state index contributed by atoms with van der Waals surface area (Å²) >= 11 is 5.83. The molecule has 1 atom stereocenters. The first-order valence-corrected chi connectivity index (χ1v) is 4.51. The summed E-state index contributed by atoms with van der Waals surface area (Å²) in [5, 5.41) is 0. The van der Waals surface area contributed by atoms with Gasteiger partial charge in [0.2, 0.25) is 0 Å². The van der Waals surface area contributed by atoms with Crippen LogP contribution in [0.2, 0.25) is 0 Å². The normalized spacial score (nSPS) is 29.9. The Balaban J connectivity index is 3.15. The van der Waals surface area contributed by atoms with Crippen molar-refractivity contribution in [3.8, 4) is 0 Å². The second-order valence-corrected chi connectivity index (χ2v) is 3.92. The minimum absolute atomic E-state index is 0.362. The molecule has 66 valence electrons. The van der Waals surface area contributed by atoms with Crippen LogP contribution in [0, 0.1) is 0 Å². The zero-order valence-corrected chi connectivity index (χ0v) is 9.42. The van der Waals surface area contributed by atoms with Crippen molar-refractivity contribution in [2.24, 2.45) is 0 Å². The summed E-state index contributed by atoms with van der Waals surface area (Å²) in [7, 11) is 0. The number of nitrogens with zero attached hydrogens (tertiary/aromatic N) is 2. The highest BCUT2D eigenvalue weighted by molar-refractivity contribution is 9.08. The molecular formula is C6H6Br2N2O2. The van der Waals surface area contributed by atoms with E-state index in [0.29, 0.717) is 0 Å². The highest BCUT2D eigenvalue weighted by Crippen LogP contribution is 2.33. The van der Waals surface area contributed by atoms with E-state index in [2.05, 4.69) is 38.9 Å². The Morgan fingerprint density at radius 3 is 2.17 bits per heavy atom. The molecule has 0 aromatic carbocycles. The number of carbonyl (C=O) groups is 2. The molecule has 1 saturated heterocycles. The van der Waals surface area contributed by atoms with Gasteiger partial charge in [-0.15, -0.1) is 6.58 Å². The average Bonchev–Trinajstić information content (AvgIpc) is 2.22. The van der Waals surface area contributed by atoms with Crippen LogP contribution in [0.4, 0.5) is 4.79 Å². The van der Waals surface area contributed by atoms with Crippen molar-refractivity contribution in [3.63, 3.8) is 0 Å². The Kier molecular flexibility index (Phi) is 2.31. The van der Waals surface area contributed by atoms with Crippen molar-refractivity contribution in [1.29, 1.82) is 0 Å². The minimum Gasteiger partial charge on any atom is -0.270 e. The van der Waals surface area contributed by atoms with Crippen molar-refractivity contribution in [2.45, 2.75) is 12.5 Å². The van der Waals surface area contributed by atoms with Crippen LogP contribution in [-0.4, -0.2) is 25.3 Å². The number of carbonyl (C=O) groups excluding carboxylic acids is 2. The molecule has 0 aliphatic carbocycles. The Morgan fingerprint density at radius 2 is 2.00 bits per heavy atom. The second kappa shape index (κ2) is 2.85. The van der Waals surface area contributed by atoms with E-state index >= 15 is 0 Å². The summed E-state index contributed by atoms with van der Waals surface area (Å²) in [6, 6.07) is -0.456. The van der Waals surface area contributed by atoms with Crippen LogP contribution in [-0.2, 0) is 4.79 Å². The lowest BCUT2D eigenvalue weighted by atomic mass is 10.0. The highest BCUT2D eigenvalue weighted by atomic mass is 79.9. The number of hydrogen-bond acceptors (Lipinski definition) is 2. The van der Waals surface area contributed by atoms with Gasteiger partial charge in [-0.1, -0.05) is 6.08 Å². The van der Waals surface area contributed by atoms with Crippen LogP contribution in [0.5, 0.6) is 0 Å². The third kappa shape index (κ3) is 1.01. The van der Waals surface area contributed by atoms with Crippen LogP contribution in [0.25, 0.3) is 0 Å². The summed E-state index contributed by atoms with van der Waals surface area (Å²) in [5.74, 6) is -0.362. The number of hydrogen-bond donors (Lipinski definition) is 0. The number of halogens is 2. The third-order valence-electron chi connectivity index (χ3n) is 1.75. The summed E-state index contributed by atoms with van der Waals surface area (Å²) in [4.78, 5) is 22.6. The van der Waals surface area contributed by atoms with Gasteiger partial charge in [-0.25, -0.2) is 8.72 Å². The molecule has 1 aliphatic rings. The molecule has 4 nitrogen and oxygen atoms in total. The highest BCUT2D eigenvalue weighted by Gasteiger charge is 2.51. The Labute approximate surface area is 86.9 Å². The maximum atomic E-state index is 11.4. The van der Waals surface area contributed by atoms with Gasteiger partial charge in [0.15, 0.2) is 5.54 Å². The van der Waals surface area contributed by atoms with Crippen LogP contribution < -0.4 is 0 Å². The Morgan fingerprint density at radius 1 is 1.50 bits per heavy atom. The summed E-state index contributed by atoms with van der Waals surface area (Å²) in [5.41, 5.74) is -0.999. The largest absolute Gasteiger partial charge is 0.348 e. The Hall–Kier alpha value is -0.360. The van der Waals surface area contributed by atoms with E-state index in [1.807, 2.05) is 0 Å².